The number of carbonyl (C=O) groups excluding carboxylic acids is 2. The molecule has 0 aliphatic heterocycles. The first kappa shape index (κ1) is 14.0. The molecule has 2 amide bonds. The first-order valence-corrected chi connectivity index (χ1v) is 6.78. The summed E-state index contributed by atoms with van der Waals surface area (Å²) in [4.78, 5) is 24.1. The second-order valence-electron chi connectivity index (χ2n) is 3.98. The Morgan fingerprint density at radius 3 is 2.65 bits per heavy atom. The first-order valence-electron chi connectivity index (χ1n) is 5.90. The van der Waals surface area contributed by atoms with Crippen LogP contribution in [0.4, 0.5) is 5.69 Å². The molecule has 2 N–H and O–H groups in total. The number of para-hydroxylation sites is 1. The van der Waals surface area contributed by atoms with Crippen LogP contribution in [0.15, 0.2) is 46.9 Å². The molecule has 0 spiro atoms. The molecular formula is C14H13N3O2S. The van der Waals surface area contributed by atoms with Crippen molar-refractivity contribution < 1.29 is 9.59 Å². The Morgan fingerprint density at radius 2 is 1.95 bits per heavy atom. The molecule has 1 aromatic heterocycles. The van der Waals surface area contributed by atoms with Gasteiger partial charge in [0.1, 0.15) is 0 Å². The van der Waals surface area contributed by atoms with Gasteiger partial charge in [0, 0.05) is 10.6 Å². The Balaban J connectivity index is 1.89. The van der Waals surface area contributed by atoms with Gasteiger partial charge in [-0.15, -0.1) is 11.3 Å². The summed E-state index contributed by atoms with van der Waals surface area (Å²) in [7, 11) is 0. The molecule has 0 fully saturated rings. The van der Waals surface area contributed by atoms with Crippen molar-refractivity contribution in [3.63, 3.8) is 0 Å². The number of nitrogens with one attached hydrogen (secondary N) is 2. The standard InChI is InChI=1S/C14H13N3O2S/c1-10-5-2-3-7-12(10)16-13(18)14(19)17-15-9-11-6-4-8-20-11/h2-9H,1H3,(H,16,18)(H,17,19)/b15-9-. The van der Waals surface area contributed by atoms with Crippen LogP contribution in [0, 0.1) is 6.92 Å². The molecule has 0 saturated carbocycles. The molecule has 2 rings (SSSR count). The Labute approximate surface area is 120 Å². The van der Waals surface area contributed by atoms with E-state index in [9.17, 15) is 9.59 Å². The molecule has 1 aromatic carbocycles. The number of anilines is 1. The molecule has 1 heterocycles. The average Bonchev–Trinajstić information content (AvgIpc) is 2.94. The van der Waals surface area contributed by atoms with Crippen molar-refractivity contribution in [1.82, 2.24) is 5.43 Å². The molecule has 0 atom stereocenters. The first-order chi connectivity index (χ1) is 9.66. The summed E-state index contributed by atoms with van der Waals surface area (Å²) in [6.45, 7) is 1.85. The zero-order chi connectivity index (χ0) is 14.4. The van der Waals surface area contributed by atoms with Crippen molar-refractivity contribution >= 4 is 35.1 Å². The lowest BCUT2D eigenvalue weighted by Crippen LogP contribution is -2.32. The quantitative estimate of drug-likeness (QED) is 0.516. The number of aryl methyl sites for hydroxylation is 1. The second-order valence-corrected chi connectivity index (χ2v) is 4.96. The van der Waals surface area contributed by atoms with E-state index in [1.54, 1.807) is 12.1 Å². The van der Waals surface area contributed by atoms with Crippen molar-refractivity contribution in [3.8, 4) is 0 Å². The molecule has 6 heteroatoms. The fourth-order valence-electron chi connectivity index (χ4n) is 1.46. The van der Waals surface area contributed by atoms with E-state index in [-0.39, 0.29) is 0 Å². The number of carbonyl (C=O) groups is 2. The summed E-state index contributed by atoms with van der Waals surface area (Å²) in [5.41, 5.74) is 3.68. The molecule has 5 nitrogen and oxygen atoms in total. The zero-order valence-electron chi connectivity index (χ0n) is 10.8. The van der Waals surface area contributed by atoms with Gasteiger partial charge in [-0.2, -0.15) is 5.10 Å². The van der Waals surface area contributed by atoms with Gasteiger partial charge >= 0.3 is 11.8 Å². The number of amides is 2. The molecule has 0 bridgehead atoms. The van der Waals surface area contributed by atoms with E-state index in [0.29, 0.717) is 5.69 Å². The molecule has 102 valence electrons. The van der Waals surface area contributed by atoms with Crippen LogP contribution in [0.5, 0.6) is 0 Å². The number of hydrogen-bond acceptors (Lipinski definition) is 4. The highest BCUT2D eigenvalue weighted by atomic mass is 32.1. The highest BCUT2D eigenvalue weighted by Crippen LogP contribution is 2.12. The van der Waals surface area contributed by atoms with Crippen LogP contribution in [0.1, 0.15) is 10.4 Å². The number of benzene rings is 1. The molecule has 0 aliphatic carbocycles. The summed E-state index contributed by atoms with van der Waals surface area (Å²) in [6, 6.07) is 11.0. The summed E-state index contributed by atoms with van der Waals surface area (Å²) in [5, 5.41) is 8.15. The van der Waals surface area contributed by atoms with E-state index < -0.39 is 11.8 Å². The highest BCUT2D eigenvalue weighted by Gasteiger charge is 2.13. The highest BCUT2D eigenvalue weighted by molar-refractivity contribution is 7.11. The third kappa shape index (κ3) is 3.76. The lowest BCUT2D eigenvalue weighted by molar-refractivity contribution is -0.136. The van der Waals surface area contributed by atoms with Gasteiger partial charge in [0.25, 0.3) is 0 Å². The van der Waals surface area contributed by atoms with Crippen molar-refractivity contribution in [2.24, 2.45) is 5.10 Å². The second kappa shape index (κ2) is 6.63. The Morgan fingerprint density at radius 1 is 1.15 bits per heavy atom. The van der Waals surface area contributed by atoms with Gasteiger partial charge in [0.05, 0.1) is 6.21 Å². The number of thiophene rings is 1. The number of hydrazone groups is 1. The van der Waals surface area contributed by atoms with E-state index in [0.717, 1.165) is 10.4 Å². The monoisotopic (exact) mass is 287 g/mol. The molecule has 20 heavy (non-hydrogen) atoms. The third-order valence-electron chi connectivity index (χ3n) is 2.50. The Bertz CT molecular complexity index is 636. The molecular weight excluding hydrogens is 274 g/mol. The van der Waals surface area contributed by atoms with E-state index in [1.807, 2.05) is 36.6 Å². The van der Waals surface area contributed by atoms with Crippen molar-refractivity contribution in [3.05, 3.63) is 52.2 Å². The Hall–Kier alpha value is -2.47. The van der Waals surface area contributed by atoms with Gasteiger partial charge in [0.15, 0.2) is 0 Å². The smallest absolute Gasteiger partial charge is 0.317 e. The maximum absolute atomic E-state index is 11.7. The van der Waals surface area contributed by atoms with Crippen LogP contribution in [-0.4, -0.2) is 18.0 Å². The summed E-state index contributed by atoms with van der Waals surface area (Å²) in [6.07, 6.45) is 1.49. The van der Waals surface area contributed by atoms with Crippen molar-refractivity contribution in [1.29, 1.82) is 0 Å². The minimum atomic E-state index is -0.805. The predicted molar refractivity (Wildman–Crippen MR) is 79.9 cm³/mol. The SMILES string of the molecule is Cc1ccccc1NC(=O)C(=O)N/N=C\c1cccs1. The normalized spacial score (nSPS) is 10.4. The van der Waals surface area contributed by atoms with E-state index >= 15 is 0 Å². The lowest BCUT2D eigenvalue weighted by atomic mass is 10.2. The number of rotatable bonds is 3. The molecule has 0 saturated heterocycles. The Kier molecular flexibility index (Phi) is 4.62. The largest absolute Gasteiger partial charge is 0.329 e. The van der Waals surface area contributed by atoms with Crippen LogP contribution in [-0.2, 0) is 9.59 Å². The molecule has 0 radical (unpaired) electrons. The van der Waals surface area contributed by atoms with Gasteiger partial charge < -0.3 is 5.32 Å². The van der Waals surface area contributed by atoms with Crippen LogP contribution in [0.2, 0.25) is 0 Å². The van der Waals surface area contributed by atoms with Gasteiger partial charge in [0.2, 0.25) is 0 Å². The summed E-state index contributed by atoms with van der Waals surface area (Å²) < 4.78 is 0. The van der Waals surface area contributed by atoms with Crippen LogP contribution in [0.3, 0.4) is 0 Å². The fourth-order valence-corrected chi connectivity index (χ4v) is 2.05. The van der Waals surface area contributed by atoms with Crippen LogP contribution >= 0.6 is 11.3 Å². The maximum Gasteiger partial charge on any atom is 0.329 e. The van der Waals surface area contributed by atoms with Crippen molar-refractivity contribution in [2.45, 2.75) is 6.92 Å². The van der Waals surface area contributed by atoms with E-state index in [2.05, 4.69) is 15.8 Å². The predicted octanol–water partition coefficient (Wildman–Crippen LogP) is 2.15. The molecule has 0 aliphatic rings. The van der Waals surface area contributed by atoms with Crippen LogP contribution < -0.4 is 10.7 Å². The minimum Gasteiger partial charge on any atom is -0.317 e. The minimum absolute atomic E-state index is 0.606. The van der Waals surface area contributed by atoms with Gasteiger partial charge in [-0.1, -0.05) is 24.3 Å². The van der Waals surface area contributed by atoms with Gasteiger partial charge in [-0.3, -0.25) is 9.59 Å². The fraction of sp³-hybridized carbons (Fsp3) is 0.0714. The third-order valence-corrected chi connectivity index (χ3v) is 3.31. The summed E-state index contributed by atoms with van der Waals surface area (Å²) in [5.74, 6) is -1.55. The molecule has 0 unspecified atom stereocenters. The number of nitrogens with zero attached hydrogens (tertiary/aromatic N) is 1. The van der Waals surface area contributed by atoms with Gasteiger partial charge in [-0.05, 0) is 30.0 Å². The van der Waals surface area contributed by atoms with Crippen LogP contribution in [0.25, 0.3) is 0 Å². The topological polar surface area (TPSA) is 70.6 Å². The van der Waals surface area contributed by atoms with Gasteiger partial charge in [-0.25, -0.2) is 5.43 Å². The summed E-state index contributed by atoms with van der Waals surface area (Å²) >= 11 is 1.49. The van der Waals surface area contributed by atoms with E-state index in [1.165, 1.54) is 17.6 Å². The molecule has 2 aromatic rings. The zero-order valence-corrected chi connectivity index (χ0v) is 11.6. The average molecular weight is 287 g/mol. The maximum atomic E-state index is 11.7. The van der Waals surface area contributed by atoms with E-state index in [4.69, 9.17) is 0 Å². The number of hydrogen-bond donors (Lipinski definition) is 2. The lowest BCUT2D eigenvalue weighted by Gasteiger charge is -2.06. The van der Waals surface area contributed by atoms with Crippen molar-refractivity contribution in [2.75, 3.05) is 5.32 Å².